The first kappa shape index (κ1) is 41.4. The Morgan fingerprint density at radius 1 is 0.763 bits per heavy atom. The number of rotatable bonds is 16. The molecular formula is C47H50ClN5O6. The summed E-state index contributed by atoms with van der Waals surface area (Å²) in [6, 6.07) is 33.5. The van der Waals surface area contributed by atoms with Gasteiger partial charge in [-0.2, -0.15) is 0 Å². The number of anilines is 1. The lowest BCUT2D eigenvalue weighted by Gasteiger charge is -2.34. The van der Waals surface area contributed by atoms with Crippen LogP contribution in [0, 0.1) is 0 Å². The lowest BCUT2D eigenvalue weighted by Crippen LogP contribution is -2.52. The van der Waals surface area contributed by atoms with E-state index in [0.29, 0.717) is 61.7 Å². The van der Waals surface area contributed by atoms with Gasteiger partial charge in [-0.25, -0.2) is 0 Å². The van der Waals surface area contributed by atoms with Gasteiger partial charge in [-0.05, 0) is 77.8 Å². The Bertz CT molecular complexity index is 2170. The standard InChI is InChI=1S/C47H50ClN5O6/c48-25-24-37(33-10-3-1-4-11-33)45(34-12-5-2-6-13-34)35-18-20-36(21-19-35)59-31-30-51-26-28-52(29-27-51)44(56)17-8-7-16-42(54)49-40-15-9-14-38-39(40)32-53(47(38)58)41-22-23-43(55)50-46(41)57/h1-6,9-15,18-21,41H,7-8,16-17,22-32H2,(H,49,54)(H,50,55,57)/b45-37-. The number of fused-ring (bicyclic) bond motifs is 1. The number of ether oxygens (including phenoxy) is 1. The van der Waals surface area contributed by atoms with E-state index < -0.39 is 11.9 Å². The maximum Gasteiger partial charge on any atom is 0.255 e. The van der Waals surface area contributed by atoms with E-state index in [1.54, 1.807) is 18.2 Å². The molecule has 2 N–H and O–H groups in total. The molecule has 0 aromatic heterocycles. The van der Waals surface area contributed by atoms with Crippen molar-refractivity contribution in [3.63, 3.8) is 0 Å². The average molecular weight is 816 g/mol. The van der Waals surface area contributed by atoms with Crippen molar-refractivity contribution in [1.29, 1.82) is 0 Å². The minimum absolute atomic E-state index is 0.0970. The normalized spacial score (nSPS) is 17.3. The third-order valence-corrected chi connectivity index (χ3v) is 11.5. The van der Waals surface area contributed by atoms with Gasteiger partial charge in [0.05, 0.1) is 0 Å². The summed E-state index contributed by atoms with van der Waals surface area (Å²) in [5, 5.41) is 5.23. The maximum atomic E-state index is 13.1. The molecule has 0 bridgehead atoms. The van der Waals surface area contributed by atoms with Crippen molar-refractivity contribution in [3.05, 3.63) is 131 Å². The van der Waals surface area contributed by atoms with Crippen LogP contribution < -0.4 is 15.4 Å². The number of imide groups is 1. The summed E-state index contributed by atoms with van der Waals surface area (Å²) in [7, 11) is 0. The molecule has 3 heterocycles. The molecule has 0 saturated carbocycles. The second kappa shape index (κ2) is 19.8. The molecule has 2 fully saturated rings. The molecule has 4 aromatic rings. The number of benzene rings is 4. The molecule has 0 aliphatic carbocycles. The van der Waals surface area contributed by atoms with Crippen LogP contribution in [0.2, 0.25) is 0 Å². The number of amides is 5. The van der Waals surface area contributed by atoms with Crippen LogP contribution in [0.4, 0.5) is 5.69 Å². The third kappa shape index (κ3) is 10.3. The van der Waals surface area contributed by atoms with Crippen molar-refractivity contribution in [2.75, 3.05) is 50.5 Å². The number of carbonyl (C=O) groups is 5. The predicted molar refractivity (Wildman–Crippen MR) is 229 cm³/mol. The van der Waals surface area contributed by atoms with E-state index in [1.807, 2.05) is 29.2 Å². The number of carbonyl (C=O) groups excluding carboxylic acids is 5. The number of allylic oxidation sites excluding steroid dienone is 1. The minimum atomic E-state index is -0.723. The van der Waals surface area contributed by atoms with Crippen LogP contribution in [-0.4, -0.2) is 95.5 Å². The lowest BCUT2D eigenvalue weighted by atomic mass is 9.88. The minimum Gasteiger partial charge on any atom is -0.492 e. The number of alkyl halides is 1. The second-order valence-electron chi connectivity index (χ2n) is 15.1. The molecule has 12 heteroatoms. The summed E-state index contributed by atoms with van der Waals surface area (Å²) in [6.07, 6.45) is 2.96. The summed E-state index contributed by atoms with van der Waals surface area (Å²) in [5.74, 6) is 0.123. The number of piperazine rings is 1. The smallest absolute Gasteiger partial charge is 0.255 e. The molecule has 1 unspecified atom stereocenters. The van der Waals surface area contributed by atoms with Crippen molar-refractivity contribution >= 4 is 58.0 Å². The highest BCUT2D eigenvalue weighted by molar-refractivity contribution is 6.18. The van der Waals surface area contributed by atoms with Crippen LogP contribution in [0.5, 0.6) is 5.75 Å². The predicted octanol–water partition coefficient (Wildman–Crippen LogP) is 6.76. The van der Waals surface area contributed by atoms with E-state index in [0.717, 1.165) is 54.1 Å². The van der Waals surface area contributed by atoms with Crippen molar-refractivity contribution in [2.45, 2.75) is 57.5 Å². The van der Waals surface area contributed by atoms with E-state index in [2.05, 4.69) is 76.2 Å². The zero-order valence-electron chi connectivity index (χ0n) is 33.2. The Morgan fingerprint density at radius 2 is 1.44 bits per heavy atom. The fraction of sp³-hybridized carbons (Fsp3) is 0.340. The number of hydrogen-bond donors (Lipinski definition) is 2. The number of unbranched alkanes of at least 4 members (excludes halogenated alkanes) is 1. The van der Waals surface area contributed by atoms with Gasteiger partial charge in [-0.1, -0.05) is 78.9 Å². The van der Waals surface area contributed by atoms with Crippen LogP contribution in [0.25, 0.3) is 11.1 Å². The fourth-order valence-electron chi connectivity index (χ4n) is 8.13. The summed E-state index contributed by atoms with van der Waals surface area (Å²) in [4.78, 5) is 68.7. The maximum absolute atomic E-state index is 13.1. The van der Waals surface area contributed by atoms with Crippen LogP contribution >= 0.6 is 11.6 Å². The second-order valence-corrected chi connectivity index (χ2v) is 15.5. The highest BCUT2D eigenvalue weighted by Gasteiger charge is 2.40. The quantitative estimate of drug-likeness (QED) is 0.0554. The topological polar surface area (TPSA) is 128 Å². The first-order valence-corrected chi connectivity index (χ1v) is 21.0. The molecule has 59 heavy (non-hydrogen) atoms. The van der Waals surface area contributed by atoms with Gasteiger partial charge < -0.3 is 19.9 Å². The van der Waals surface area contributed by atoms with Crippen molar-refractivity contribution in [3.8, 4) is 5.75 Å². The van der Waals surface area contributed by atoms with Gasteiger partial charge >= 0.3 is 0 Å². The molecule has 3 aliphatic heterocycles. The number of hydrogen-bond acceptors (Lipinski definition) is 7. The van der Waals surface area contributed by atoms with Gasteiger partial charge in [0.25, 0.3) is 5.91 Å². The van der Waals surface area contributed by atoms with E-state index in [9.17, 15) is 24.0 Å². The zero-order valence-corrected chi connectivity index (χ0v) is 33.9. The van der Waals surface area contributed by atoms with Crippen LogP contribution in [0.15, 0.2) is 103 Å². The van der Waals surface area contributed by atoms with E-state index in [4.69, 9.17) is 16.3 Å². The SMILES string of the molecule is O=C1CCC(N2Cc3c(NC(=O)CCCCC(=O)N4CCN(CCOc5ccc(/C(=C(/CCCl)c6ccccc6)c6ccccc6)cc5)CC4)cccc3C2=O)C(=O)N1. The monoisotopic (exact) mass is 815 g/mol. The summed E-state index contributed by atoms with van der Waals surface area (Å²) >= 11 is 6.32. The van der Waals surface area contributed by atoms with Gasteiger partial charge in [0, 0.05) is 81.2 Å². The largest absolute Gasteiger partial charge is 0.492 e. The highest BCUT2D eigenvalue weighted by atomic mass is 35.5. The molecule has 0 spiro atoms. The van der Waals surface area contributed by atoms with Crippen LogP contribution in [-0.2, 0) is 25.7 Å². The van der Waals surface area contributed by atoms with Crippen molar-refractivity contribution in [1.82, 2.24) is 20.0 Å². The molecule has 7 rings (SSSR count). The van der Waals surface area contributed by atoms with Crippen LogP contribution in [0.3, 0.4) is 0 Å². The Kier molecular flexibility index (Phi) is 13.9. The first-order chi connectivity index (χ1) is 28.8. The van der Waals surface area contributed by atoms with Crippen LogP contribution in [0.1, 0.15) is 77.6 Å². The molecule has 306 valence electrons. The van der Waals surface area contributed by atoms with Gasteiger partial charge in [0.1, 0.15) is 18.4 Å². The Hall–Kier alpha value is -5.78. The summed E-state index contributed by atoms with van der Waals surface area (Å²) < 4.78 is 6.17. The van der Waals surface area contributed by atoms with Crippen molar-refractivity contribution < 1.29 is 28.7 Å². The van der Waals surface area contributed by atoms with Gasteiger partial charge in [0.2, 0.25) is 23.6 Å². The van der Waals surface area contributed by atoms with E-state index in [-0.39, 0.29) is 49.4 Å². The average Bonchev–Trinajstić information content (AvgIpc) is 3.60. The van der Waals surface area contributed by atoms with E-state index in [1.165, 1.54) is 10.5 Å². The van der Waals surface area contributed by atoms with E-state index >= 15 is 0 Å². The molecule has 0 radical (unpaired) electrons. The Morgan fingerprint density at radius 3 is 2.14 bits per heavy atom. The molecule has 2 saturated heterocycles. The molecule has 3 aliphatic rings. The molecule has 1 atom stereocenters. The first-order valence-electron chi connectivity index (χ1n) is 20.5. The number of piperidine rings is 1. The highest BCUT2D eigenvalue weighted by Crippen LogP contribution is 2.36. The number of nitrogens with zero attached hydrogens (tertiary/aromatic N) is 3. The Balaban J connectivity index is 0.821. The molecular weight excluding hydrogens is 766 g/mol. The zero-order chi connectivity index (χ0) is 41.1. The third-order valence-electron chi connectivity index (χ3n) is 11.3. The Labute approximate surface area is 350 Å². The number of nitrogens with one attached hydrogen (secondary N) is 2. The number of halogens is 1. The molecule has 11 nitrogen and oxygen atoms in total. The summed E-state index contributed by atoms with van der Waals surface area (Å²) in [5.41, 5.74) is 7.41. The van der Waals surface area contributed by atoms with Gasteiger partial charge in [0.15, 0.2) is 0 Å². The molecule has 5 amide bonds. The fourth-order valence-corrected chi connectivity index (χ4v) is 8.32. The van der Waals surface area contributed by atoms with Gasteiger partial charge in [-0.15, -0.1) is 11.6 Å². The summed E-state index contributed by atoms with van der Waals surface area (Å²) in [6.45, 7) is 4.34. The lowest BCUT2D eigenvalue weighted by molar-refractivity contribution is -0.137. The molecule has 4 aromatic carbocycles. The van der Waals surface area contributed by atoms with Gasteiger partial charge in [-0.3, -0.25) is 34.2 Å². The van der Waals surface area contributed by atoms with Crippen molar-refractivity contribution in [2.24, 2.45) is 0 Å².